The van der Waals surface area contributed by atoms with Crippen molar-refractivity contribution in [2.75, 3.05) is 0 Å². The van der Waals surface area contributed by atoms with Gasteiger partial charge in [-0.3, -0.25) is 0 Å². The largest absolute Gasteiger partial charge is 0.326 e. The van der Waals surface area contributed by atoms with E-state index in [1.807, 2.05) is 0 Å². The molecule has 4 heteroatoms. The van der Waals surface area contributed by atoms with Crippen LogP contribution in [0.5, 0.6) is 0 Å². The molecule has 2 aromatic carbocycles. The summed E-state index contributed by atoms with van der Waals surface area (Å²) in [6.07, 6.45) is 0. The Morgan fingerprint density at radius 3 is 2.35 bits per heavy atom. The summed E-state index contributed by atoms with van der Waals surface area (Å²) in [6.45, 7) is 0.322. The van der Waals surface area contributed by atoms with Crippen molar-refractivity contribution in [3.8, 4) is 11.1 Å². The average molecular weight is 254 g/mol. The maximum absolute atomic E-state index is 13.6. The summed E-state index contributed by atoms with van der Waals surface area (Å²) in [7, 11) is 0. The van der Waals surface area contributed by atoms with Crippen LogP contribution >= 0.6 is 11.6 Å². The molecule has 0 aliphatic heterocycles. The Labute approximate surface area is 103 Å². The SMILES string of the molecule is NCc1ccc(F)c(-c2ccc(F)c(Cl)c2)c1. The highest BCUT2D eigenvalue weighted by Crippen LogP contribution is 2.27. The van der Waals surface area contributed by atoms with Crippen LogP contribution in [-0.4, -0.2) is 0 Å². The van der Waals surface area contributed by atoms with E-state index >= 15 is 0 Å². The van der Waals surface area contributed by atoms with Gasteiger partial charge in [0.05, 0.1) is 5.02 Å². The van der Waals surface area contributed by atoms with Gasteiger partial charge in [0.2, 0.25) is 0 Å². The molecule has 0 atom stereocenters. The van der Waals surface area contributed by atoms with Crippen LogP contribution in [0.1, 0.15) is 5.56 Å². The van der Waals surface area contributed by atoms with Gasteiger partial charge in [-0.1, -0.05) is 23.7 Å². The van der Waals surface area contributed by atoms with Crippen LogP contribution in [0.3, 0.4) is 0 Å². The number of rotatable bonds is 2. The van der Waals surface area contributed by atoms with Gasteiger partial charge in [0, 0.05) is 12.1 Å². The molecule has 0 bridgehead atoms. The maximum Gasteiger partial charge on any atom is 0.141 e. The third-order valence-electron chi connectivity index (χ3n) is 2.50. The van der Waals surface area contributed by atoms with Crippen molar-refractivity contribution in [3.05, 3.63) is 58.6 Å². The van der Waals surface area contributed by atoms with Gasteiger partial charge in [0.15, 0.2) is 0 Å². The Kier molecular flexibility index (Phi) is 3.41. The quantitative estimate of drug-likeness (QED) is 0.867. The third-order valence-corrected chi connectivity index (χ3v) is 2.79. The van der Waals surface area contributed by atoms with E-state index in [1.165, 1.54) is 24.3 Å². The predicted molar refractivity (Wildman–Crippen MR) is 64.7 cm³/mol. The minimum atomic E-state index is -0.522. The summed E-state index contributed by atoms with van der Waals surface area (Å²) in [4.78, 5) is 0. The Hall–Kier alpha value is -1.45. The van der Waals surface area contributed by atoms with Crippen LogP contribution in [0.2, 0.25) is 5.02 Å². The van der Waals surface area contributed by atoms with Gasteiger partial charge >= 0.3 is 0 Å². The molecule has 0 radical (unpaired) electrons. The maximum atomic E-state index is 13.6. The van der Waals surface area contributed by atoms with Gasteiger partial charge in [-0.15, -0.1) is 0 Å². The number of nitrogens with two attached hydrogens (primary N) is 1. The normalized spacial score (nSPS) is 10.6. The lowest BCUT2D eigenvalue weighted by molar-refractivity contribution is 0.625. The van der Waals surface area contributed by atoms with Crippen molar-refractivity contribution in [1.82, 2.24) is 0 Å². The molecule has 0 unspecified atom stereocenters. The summed E-state index contributed by atoms with van der Waals surface area (Å²) < 4.78 is 26.7. The molecule has 0 aliphatic rings. The fourth-order valence-corrected chi connectivity index (χ4v) is 1.76. The van der Waals surface area contributed by atoms with Gasteiger partial charge in [-0.2, -0.15) is 0 Å². The highest BCUT2D eigenvalue weighted by atomic mass is 35.5. The third kappa shape index (κ3) is 2.46. The predicted octanol–water partition coefficient (Wildman–Crippen LogP) is 3.74. The van der Waals surface area contributed by atoms with Gasteiger partial charge in [-0.25, -0.2) is 8.78 Å². The summed E-state index contributed by atoms with van der Waals surface area (Å²) in [5.74, 6) is -0.907. The van der Waals surface area contributed by atoms with E-state index < -0.39 is 5.82 Å². The van der Waals surface area contributed by atoms with Crippen LogP contribution in [0.4, 0.5) is 8.78 Å². The molecule has 17 heavy (non-hydrogen) atoms. The van der Waals surface area contributed by atoms with Crippen molar-refractivity contribution in [2.45, 2.75) is 6.54 Å². The second-order valence-electron chi connectivity index (χ2n) is 3.65. The minimum absolute atomic E-state index is 0.0277. The lowest BCUT2D eigenvalue weighted by Crippen LogP contribution is -1.97. The summed E-state index contributed by atoms with van der Waals surface area (Å²) in [6, 6.07) is 8.69. The number of hydrogen-bond donors (Lipinski definition) is 1. The first-order chi connectivity index (χ1) is 8.11. The molecule has 0 aliphatic carbocycles. The zero-order chi connectivity index (χ0) is 12.4. The second kappa shape index (κ2) is 4.82. The Morgan fingerprint density at radius 1 is 1.00 bits per heavy atom. The summed E-state index contributed by atoms with van der Waals surface area (Å²) >= 11 is 5.67. The summed E-state index contributed by atoms with van der Waals surface area (Å²) in [5.41, 5.74) is 7.20. The molecule has 0 amide bonds. The van der Waals surface area contributed by atoms with Gasteiger partial charge in [-0.05, 0) is 35.4 Å². The first-order valence-electron chi connectivity index (χ1n) is 5.05. The highest BCUT2D eigenvalue weighted by molar-refractivity contribution is 6.31. The molecular weight excluding hydrogens is 244 g/mol. The van der Waals surface area contributed by atoms with Crippen molar-refractivity contribution < 1.29 is 8.78 Å². The fourth-order valence-electron chi connectivity index (χ4n) is 1.58. The van der Waals surface area contributed by atoms with Crippen molar-refractivity contribution in [1.29, 1.82) is 0 Å². The molecular formula is C13H10ClF2N. The molecule has 88 valence electrons. The number of benzene rings is 2. The zero-order valence-corrected chi connectivity index (χ0v) is 9.64. The van der Waals surface area contributed by atoms with E-state index in [1.54, 1.807) is 12.1 Å². The first kappa shape index (κ1) is 12.0. The topological polar surface area (TPSA) is 26.0 Å². The molecule has 0 spiro atoms. The number of halogens is 3. The van der Waals surface area contributed by atoms with Crippen molar-refractivity contribution >= 4 is 11.6 Å². The Balaban J connectivity index is 2.55. The molecule has 0 aromatic heterocycles. The molecule has 0 fully saturated rings. The molecule has 0 saturated heterocycles. The lowest BCUT2D eigenvalue weighted by Gasteiger charge is -2.06. The molecule has 0 heterocycles. The van der Waals surface area contributed by atoms with E-state index in [0.717, 1.165) is 5.56 Å². The van der Waals surface area contributed by atoms with Crippen LogP contribution in [-0.2, 0) is 6.54 Å². The number of hydrogen-bond acceptors (Lipinski definition) is 1. The summed E-state index contributed by atoms with van der Waals surface area (Å²) in [5, 5.41) is -0.0277. The molecule has 1 nitrogen and oxygen atoms in total. The average Bonchev–Trinajstić information content (AvgIpc) is 2.33. The van der Waals surface area contributed by atoms with E-state index in [0.29, 0.717) is 17.7 Å². The van der Waals surface area contributed by atoms with Crippen LogP contribution in [0.25, 0.3) is 11.1 Å². The first-order valence-corrected chi connectivity index (χ1v) is 5.43. The Bertz CT molecular complexity index is 555. The van der Waals surface area contributed by atoms with Gasteiger partial charge in [0.1, 0.15) is 11.6 Å². The van der Waals surface area contributed by atoms with E-state index in [9.17, 15) is 8.78 Å². The smallest absolute Gasteiger partial charge is 0.141 e. The minimum Gasteiger partial charge on any atom is -0.326 e. The van der Waals surface area contributed by atoms with Crippen molar-refractivity contribution in [2.24, 2.45) is 5.73 Å². The molecule has 2 aromatic rings. The van der Waals surface area contributed by atoms with Crippen LogP contribution < -0.4 is 5.73 Å². The van der Waals surface area contributed by atoms with Crippen molar-refractivity contribution in [3.63, 3.8) is 0 Å². The van der Waals surface area contributed by atoms with Gasteiger partial charge in [0.25, 0.3) is 0 Å². The zero-order valence-electron chi connectivity index (χ0n) is 8.88. The van der Waals surface area contributed by atoms with Crippen LogP contribution in [0.15, 0.2) is 36.4 Å². The highest BCUT2D eigenvalue weighted by Gasteiger charge is 2.08. The van der Waals surface area contributed by atoms with Crippen LogP contribution in [0, 0.1) is 11.6 Å². The fraction of sp³-hybridized carbons (Fsp3) is 0.0769. The standard InChI is InChI=1S/C13H10ClF2N/c14-11-6-9(2-4-13(11)16)10-5-8(7-17)1-3-12(10)15/h1-6H,7,17H2. The van der Waals surface area contributed by atoms with E-state index in [-0.39, 0.29) is 10.8 Å². The molecule has 0 saturated carbocycles. The molecule has 2 N–H and O–H groups in total. The monoisotopic (exact) mass is 253 g/mol. The Morgan fingerprint density at radius 2 is 1.71 bits per heavy atom. The van der Waals surface area contributed by atoms with Gasteiger partial charge < -0.3 is 5.73 Å². The van der Waals surface area contributed by atoms with E-state index in [4.69, 9.17) is 17.3 Å². The second-order valence-corrected chi connectivity index (χ2v) is 4.05. The molecule has 2 rings (SSSR count). The van der Waals surface area contributed by atoms with E-state index in [2.05, 4.69) is 0 Å². The lowest BCUT2D eigenvalue weighted by atomic mass is 10.0.